The molecule has 2 fully saturated rings. The van der Waals surface area contributed by atoms with Crippen molar-refractivity contribution in [2.45, 2.75) is 57.7 Å². The van der Waals surface area contributed by atoms with Gasteiger partial charge in [-0.1, -0.05) is 13.8 Å². The number of alkyl halides is 6. The largest absolute Gasteiger partial charge is 0.459 e. The van der Waals surface area contributed by atoms with Gasteiger partial charge in [0.25, 0.3) is 5.60 Å². The van der Waals surface area contributed by atoms with Gasteiger partial charge in [-0.05, 0) is 43.4 Å². The topological polar surface area (TPSA) is 46.5 Å². The Kier molecular flexibility index (Phi) is 4.65. The summed E-state index contributed by atoms with van der Waals surface area (Å²) in [6, 6.07) is 0. The van der Waals surface area contributed by atoms with Crippen LogP contribution in [0.1, 0.15) is 33.6 Å². The van der Waals surface area contributed by atoms with Crippen LogP contribution < -0.4 is 0 Å². The van der Waals surface area contributed by atoms with E-state index in [2.05, 4.69) is 4.74 Å². The number of esters is 1. The van der Waals surface area contributed by atoms with Crippen molar-refractivity contribution in [2.75, 3.05) is 0 Å². The average Bonchev–Trinajstić information content (AvgIpc) is 2.96. The van der Waals surface area contributed by atoms with Crippen LogP contribution in [-0.2, 0) is 9.53 Å². The Morgan fingerprint density at radius 3 is 1.92 bits per heavy atom. The van der Waals surface area contributed by atoms with Crippen molar-refractivity contribution in [1.82, 2.24) is 0 Å². The minimum Gasteiger partial charge on any atom is -0.459 e. The molecule has 1 N–H and O–H groups in total. The van der Waals surface area contributed by atoms with E-state index in [4.69, 9.17) is 0 Å². The molecule has 0 amide bonds. The summed E-state index contributed by atoms with van der Waals surface area (Å²) < 4.78 is 81.1. The minimum atomic E-state index is -6.01. The summed E-state index contributed by atoms with van der Waals surface area (Å²) in [7, 11) is 0. The van der Waals surface area contributed by atoms with Crippen molar-refractivity contribution in [1.29, 1.82) is 0 Å². The molecule has 3 nitrogen and oxygen atoms in total. The van der Waals surface area contributed by atoms with Gasteiger partial charge in [-0.25, -0.2) is 0 Å². The van der Waals surface area contributed by atoms with Crippen LogP contribution in [0.15, 0.2) is 0 Å². The number of fused-ring (bicyclic) bond motifs is 2. The number of rotatable bonds is 3. The van der Waals surface area contributed by atoms with Gasteiger partial charge >= 0.3 is 18.3 Å². The Hall–Kier alpha value is -0.990. The monoisotopic (exact) mass is 362 g/mol. The van der Waals surface area contributed by atoms with Gasteiger partial charge in [0.1, 0.15) is 6.10 Å². The van der Waals surface area contributed by atoms with Gasteiger partial charge in [-0.3, -0.25) is 4.79 Å². The molecular formula is C15H20F6O3. The summed E-state index contributed by atoms with van der Waals surface area (Å²) in [5.74, 6) is -1.17. The van der Waals surface area contributed by atoms with Crippen molar-refractivity contribution in [2.24, 2.45) is 29.6 Å². The maximum Gasteiger partial charge on any atom is 0.430 e. The highest BCUT2D eigenvalue weighted by Crippen LogP contribution is 2.55. The Morgan fingerprint density at radius 1 is 1.04 bits per heavy atom. The molecule has 0 radical (unpaired) electrons. The molecule has 2 aliphatic rings. The molecule has 2 bridgehead atoms. The van der Waals surface area contributed by atoms with Gasteiger partial charge in [-0.2, -0.15) is 26.3 Å². The molecule has 0 aromatic rings. The Labute approximate surface area is 135 Å². The van der Waals surface area contributed by atoms with E-state index in [1.165, 1.54) is 0 Å². The fraction of sp³-hybridized carbons (Fsp3) is 0.933. The summed E-state index contributed by atoms with van der Waals surface area (Å²) in [4.78, 5) is 12.1. The highest BCUT2D eigenvalue weighted by Gasteiger charge is 2.74. The number of halogens is 6. The number of hydrogen-bond donors (Lipinski definition) is 1. The van der Waals surface area contributed by atoms with Crippen LogP contribution in [-0.4, -0.2) is 35.1 Å². The second-order valence-corrected chi connectivity index (χ2v) is 7.06. The lowest BCUT2D eigenvalue weighted by Crippen LogP contribution is -2.64. The van der Waals surface area contributed by atoms with E-state index in [9.17, 15) is 36.2 Å². The van der Waals surface area contributed by atoms with E-state index in [1.54, 1.807) is 0 Å². The summed E-state index contributed by atoms with van der Waals surface area (Å²) in [6.45, 7) is 4.35. The summed E-state index contributed by atoms with van der Waals surface area (Å²) in [5, 5.41) is 9.24. The molecule has 2 rings (SSSR count). The lowest BCUT2D eigenvalue weighted by atomic mass is 9.76. The summed E-state index contributed by atoms with van der Waals surface area (Å²) in [6.07, 6.45) is -13.7. The maximum absolute atomic E-state index is 12.8. The van der Waals surface area contributed by atoms with Gasteiger partial charge in [-0.15, -0.1) is 0 Å². The van der Waals surface area contributed by atoms with Crippen LogP contribution >= 0.6 is 0 Å². The first-order valence-corrected chi connectivity index (χ1v) is 7.78. The molecule has 9 heteroatoms. The van der Waals surface area contributed by atoms with E-state index < -0.39 is 35.9 Å². The van der Waals surface area contributed by atoms with E-state index in [-0.39, 0.29) is 17.8 Å². The molecular weight excluding hydrogens is 342 g/mol. The first-order valence-electron chi connectivity index (χ1n) is 7.78. The SMILES string of the molecule is CC1C2CC(C(=O)OC(C)C(O)(C(F)(F)F)C(F)(F)F)C(C2)C1C. The highest BCUT2D eigenvalue weighted by molar-refractivity contribution is 5.74. The van der Waals surface area contributed by atoms with Crippen LogP contribution in [0.3, 0.4) is 0 Å². The molecule has 6 atom stereocenters. The fourth-order valence-corrected chi connectivity index (χ4v) is 4.18. The number of ether oxygens (including phenoxy) is 1. The third kappa shape index (κ3) is 2.78. The Bertz CT molecular complexity index is 484. The van der Waals surface area contributed by atoms with Crippen LogP contribution in [0.25, 0.3) is 0 Å². The van der Waals surface area contributed by atoms with Crippen LogP contribution in [0.2, 0.25) is 0 Å². The fourth-order valence-electron chi connectivity index (χ4n) is 4.18. The predicted molar refractivity (Wildman–Crippen MR) is 70.6 cm³/mol. The molecule has 0 aromatic carbocycles. The molecule has 24 heavy (non-hydrogen) atoms. The minimum absolute atomic E-state index is 0.102. The smallest absolute Gasteiger partial charge is 0.430 e. The summed E-state index contributed by atoms with van der Waals surface area (Å²) in [5.41, 5.74) is -5.09. The van der Waals surface area contributed by atoms with Gasteiger partial charge < -0.3 is 9.84 Å². The molecule has 6 unspecified atom stereocenters. The van der Waals surface area contributed by atoms with E-state index in [1.807, 2.05) is 13.8 Å². The zero-order valence-corrected chi connectivity index (χ0v) is 13.4. The van der Waals surface area contributed by atoms with Crippen molar-refractivity contribution in [3.63, 3.8) is 0 Å². The van der Waals surface area contributed by atoms with Crippen LogP contribution in [0.5, 0.6) is 0 Å². The first kappa shape index (κ1) is 19.3. The molecule has 0 aliphatic heterocycles. The first-order chi connectivity index (χ1) is 10.7. The standard InChI is InChI=1S/C15H20F6O3/c1-6-7(2)10-4-9(6)5-11(10)12(22)24-8(3)13(23,14(16,17)18)15(19,20)21/h6-11,23H,4-5H2,1-3H3. The molecule has 2 saturated carbocycles. The molecule has 0 heterocycles. The Balaban J connectivity index is 2.14. The molecule has 0 spiro atoms. The van der Waals surface area contributed by atoms with E-state index in [0.29, 0.717) is 19.3 Å². The van der Waals surface area contributed by atoms with Crippen molar-refractivity contribution < 1.29 is 41.0 Å². The number of carbonyl (C=O) groups is 1. The highest BCUT2D eigenvalue weighted by atomic mass is 19.4. The summed E-state index contributed by atoms with van der Waals surface area (Å²) >= 11 is 0. The normalized spacial score (nSPS) is 35.2. The molecule has 0 saturated heterocycles. The van der Waals surface area contributed by atoms with E-state index in [0.717, 1.165) is 6.42 Å². The van der Waals surface area contributed by atoms with Crippen molar-refractivity contribution in [3.05, 3.63) is 0 Å². The zero-order valence-electron chi connectivity index (χ0n) is 13.4. The average molecular weight is 362 g/mol. The zero-order chi connectivity index (χ0) is 18.7. The third-order valence-electron chi connectivity index (χ3n) is 5.95. The van der Waals surface area contributed by atoms with Crippen molar-refractivity contribution in [3.8, 4) is 0 Å². The quantitative estimate of drug-likeness (QED) is 0.615. The lowest BCUT2D eigenvalue weighted by molar-refractivity contribution is -0.389. The van der Waals surface area contributed by atoms with Crippen LogP contribution in [0, 0.1) is 29.6 Å². The van der Waals surface area contributed by atoms with Gasteiger partial charge in [0, 0.05) is 0 Å². The number of hydrogen-bond acceptors (Lipinski definition) is 3. The van der Waals surface area contributed by atoms with Gasteiger partial charge in [0.2, 0.25) is 0 Å². The second-order valence-electron chi connectivity index (χ2n) is 7.06. The maximum atomic E-state index is 12.8. The van der Waals surface area contributed by atoms with Crippen LogP contribution in [0.4, 0.5) is 26.3 Å². The van der Waals surface area contributed by atoms with E-state index >= 15 is 0 Å². The number of carbonyl (C=O) groups excluding carboxylic acids is 1. The molecule has 140 valence electrons. The third-order valence-corrected chi connectivity index (χ3v) is 5.95. The van der Waals surface area contributed by atoms with Gasteiger partial charge in [0.15, 0.2) is 0 Å². The van der Waals surface area contributed by atoms with Gasteiger partial charge in [0.05, 0.1) is 5.92 Å². The second kappa shape index (κ2) is 5.78. The number of aliphatic hydroxyl groups is 1. The molecule has 2 aliphatic carbocycles. The molecule has 0 aromatic heterocycles. The lowest BCUT2D eigenvalue weighted by Gasteiger charge is -2.37. The Morgan fingerprint density at radius 2 is 1.54 bits per heavy atom. The predicted octanol–water partition coefficient (Wildman–Crippen LogP) is 3.70. The van der Waals surface area contributed by atoms with Crippen molar-refractivity contribution >= 4 is 5.97 Å².